The van der Waals surface area contributed by atoms with Crippen molar-refractivity contribution in [2.75, 3.05) is 26.3 Å². The number of aromatic amines is 1. The number of hydrogen-bond acceptors (Lipinski definition) is 4. The van der Waals surface area contributed by atoms with Gasteiger partial charge in [0.1, 0.15) is 11.9 Å². The molecule has 0 bridgehead atoms. The quantitative estimate of drug-likeness (QED) is 0.528. The van der Waals surface area contributed by atoms with Gasteiger partial charge < -0.3 is 19.8 Å². The Labute approximate surface area is 183 Å². The summed E-state index contributed by atoms with van der Waals surface area (Å²) in [6.45, 7) is 0.665. The zero-order valence-electron chi connectivity index (χ0n) is 16.7. The smallest absolute Gasteiger partial charge is 0.407 e. The van der Waals surface area contributed by atoms with Crippen LogP contribution in [0.2, 0.25) is 5.02 Å². The molecule has 1 atom stereocenters. The molecule has 1 saturated heterocycles. The van der Waals surface area contributed by atoms with Crippen molar-refractivity contribution >= 4 is 28.6 Å². The second-order valence-electron chi connectivity index (χ2n) is 7.87. The van der Waals surface area contributed by atoms with Crippen molar-refractivity contribution < 1.29 is 24.1 Å². The highest BCUT2D eigenvalue weighted by Gasteiger charge is 2.38. The third-order valence-corrected chi connectivity index (χ3v) is 6.28. The maximum Gasteiger partial charge on any atom is 0.407 e. The van der Waals surface area contributed by atoms with Crippen LogP contribution in [0.4, 0.5) is 9.18 Å². The van der Waals surface area contributed by atoms with Crippen LogP contribution in [-0.2, 0) is 10.2 Å². The van der Waals surface area contributed by atoms with Gasteiger partial charge in [-0.15, -0.1) is 0 Å². The van der Waals surface area contributed by atoms with Crippen LogP contribution in [0, 0.1) is 5.82 Å². The number of halogens is 2. The molecule has 1 fully saturated rings. The van der Waals surface area contributed by atoms with E-state index in [0.717, 1.165) is 16.5 Å². The van der Waals surface area contributed by atoms with E-state index in [0.29, 0.717) is 36.5 Å². The highest BCUT2D eigenvalue weighted by Crippen LogP contribution is 2.38. The summed E-state index contributed by atoms with van der Waals surface area (Å²) in [4.78, 5) is 12.7. The number of aliphatic hydroxyl groups is 1. The van der Waals surface area contributed by atoms with Crippen LogP contribution in [0.5, 0.6) is 0 Å². The average molecular weight is 448 g/mol. The number of amides is 1. The van der Waals surface area contributed by atoms with Crippen molar-refractivity contribution in [3.8, 4) is 0 Å². The Morgan fingerprint density at radius 1 is 1.29 bits per heavy atom. The van der Waals surface area contributed by atoms with Gasteiger partial charge in [0, 0.05) is 34.5 Å². The summed E-state index contributed by atoms with van der Waals surface area (Å²) in [6.07, 6.45) is 1.09. The van der Waals surface area contributed by atoms with Gasteiger partial charge in [0.2, 0.25) is 0 Å². The van der Waals surface area contributed by atoms with E-state index in [1.165, 1.54) is 17.0 Å². The average Bonchev–Trinajstić information content (AvgIpc) is 3.23. The number of aliphatic hydroxyl groups excluding tert-OH is 1. The Morgan fingerprint density at radius 2 is 2.00 bits per heavy atom. The number of ether oxygens (including phenoxy) is 1. The number of nitrogens with zero attached hydrogens (tertiary/aromatic N) is 2. The maximum absolute atomic E-state index is 13.5. The summed E-state index contributed by atoms with van der Waals surface area (Å²) in [5.41, 5.74) is 1.81. The molecule has 2 heterocycles. The van der Waals surface area contributed by atoms with E-state index in [9.17, 15) is 19.4 Å². The highest BCUT2D eigenvalue weighted by atomic mass is 35.5. The Hall–Kier alpha value is -2.68. The lowest BCUT2D eigenvalue weighted by Crippen LogP contribution is -2.47. The predicted octanol–water partition coefficient (Wildman–Crippen LogP) is 4.12. The van der Waals surface area contributed by atoms with Crippen molar-refractivity contribution in [3.63, 3.8) is 0 Å². The van der Waals surface area contributed by atoms with Gasteiger partial charge in [-0.1, -0.05) is 23.7 Å². The molecule has 0 spiro atoms. The maximum atomic E-state index is 13.5. The number of carboxylic acid groups (broad SMARTS) is 1. The van der Waals surface area contributed by atoms with Gasteiger partial charge in [-0.25, -0.2) is 9.18 Å². The van der Waals surface area contributed by atoms with Gasteiger partial charge in [-0.05, 0) is 42.7 Å². The van der Waals surface area contributed by atoms with E-state index in [4.69, 9.17) is 16.3 Å². The second kappa shape index (κ2) is 8.82. The molecule has 1 aromatic heterocycles. The summed E-state index contributed by atoms with van der Waals surface area (Å²) >= 11 is 6.24. The van der Waals surface area contributed by atoms with Crippen LogP contribution in [0.3, 0.4) is 0 Å². The number of fused-ring (bicyclic) bond motifs is 1. The largest absolute Gasteiger partial charge is 0.465 e. The Kier molecular flexibility index (Phi) is 6.13. The molecule has 0 aliphatic carbocycles. The summed E-state index contributed by atoms with van der Waals surface area (Å²) in [7, 11) is 0. The number of benzene rings is 2. The van der Waals surface area contributed by atoms with Crippen LogP contribution < -0.4 is 0 Å². The molecule has 4 rings (SSSR count). The van der Waals surface area contributed by atoms with Crippen LogP contribution in [0.1, 0.15) is 30.1 Å². The predicted molar refractivity (Wildman–Crippen MR) is 114 cm³/mol. The van der Waals surface area contributed by atoms with Crippen molar-refractivity contribution in [1.82, 2.24) is 15.1 Å². The molecule has 3 aromatic rings. The van der Waals surface area contributed by atoms with Crippen LogP contribution in [0.15, 0.2) is 42.6 Å². The summed E-state index contributed by atoms with van der Waals surface area (Å²) in [5, 5.41) is 27.7. The number of rotatable bonds is 6. The molecule has 1 unspecified atom stereocenters. The van der Waals surface area contributed by atoms with E-state index >= 15 is 0 Å². The van der Waals surface area contributed by atoms with Crippen molar-refractivity contribution in [2.24, 2.45) is 0 Å². The van der Waals surface area contributed by atoms with Crippen LogP contribution >= 0.6 is 11.6 Å². The van der Waals surface area contributed by atoms with E-state index in [2.05, 4.69) is 10.2 Å². The molecule has 7 nitrogen and oxygen atoms in total. The van der Waals surface area contributed by atoms with Gasteiger partial charge in [0.15, 0.2) is 0 Å². The fourth-order valence-corrected chi connectivity index (χ4v) is 4.48. The fourth-order valence-electron chi connectivity index (χ4n) is 4.25. The first-order chi connectivity index (χ1) is 14.9. The lowest BCUT2D eigenvalue weighted by Gasteiger charge is -2.42. The van der Waals surface area contributed by atoms with Crippen LogP contribution in [-0.4, -0.2) is 57.7 Å². The molecule has 3 N–H and O–H groups in total. The van der Waals surface area contributed by atoms with E-state index < -0.39 is 17.6 Å². The lowest BCUT2D eigenvalue weighted by molar-refractivity contribution is -0.0272. The summed E-state index contributed by atoms with van der Waals surface area (Å²) in [5.74, 6) is -0.336. The van der Waals surface area contributed by atoms with Crippen molar-refractivity contribution in [3.05, 3.63) is 64.6 Å². The standard InChI is InChI=1S/C22H23ClFN3O4/c23-16-9-14-11-25-26-20(14)18(10-16)19(12-28)31-13-22(15-1-3-17(24)4-2-15)5-7-27(8-6-22)21(29)30/h1-4,9-11,19,28H,5-8,12-13H2,(H,25,26)(H,29,30). The second-order valence-corrected chi connectivity index (χ2v) is 8.30. The normalized spacial score (nSPS) is 17.1. The molecule has 0 saturated carbocycles. The van der Waals surface area contributed by atoms with E-state index in [1.54, 1.807) is 30.5 Å². The number of likely N-dealkylation sites (tertiary alicyclic amines) is 1. The molecule has 1 amide bonds. The minimum absolute atomic E-state index is 0.236. The monoisotopic (exact) mass is 447 g/mol. The molecule has 1 aliphatic rings. The summed E-state index contributed by atoms with van der Waals surface area (Å²) in [6, 6.07) is 9.75. The Balaban J connectivity index is 1.61. The third kappa shape index (κ3) is 4.37. The molecule has 1 aliphatic heterocycles. The number of carbonyl (C=O) groups is 1. The fraction of sp³-hybridized carbons (Fsp3) is 0.364. The minimum atomic E-state index is -0.956. The first-order valence-corrected chi connectivity index (χ1v) is 10.4. The highest BCUT2D eigenvalue weighted by molar-refractivity contribution is 6.31. The van der Waals surface area contributed by atoms with Crippen LogP contribution in [0.25, 0.3) is 10.9 Å². The Morgan fingerprint density at radius 3 is 2.65 bits per heavy atom. The molecule has 31 heavy (non-hydrogen) atoms. The van der Waals surface area contributed by atoms with Gasteiger partial charge >= 0.3 is 6.09 Å². The minimum Gasteiger partial charge on any atom is -0.465 e. The molecule has 9 heteroatoms. The molecular weight excluding hydrogens is 425 g/mol. The topological polar surface area (TPSA) is 98.7 Å². The molecule has 0 radical (unpaired) electrons. The summed E-state index contributed by atoms with van der Waals surface area (Å²) < 4.78 is 19.7. The van der Waals surface area contributed by atoms with Gasteiger partial charge in [-0.3, -0.25) is 5.10 Å². The Bertz CT molecular complexity index is 1060. The number of hydrogen-bond donors (Lipinski definition) is 3. The van der Waals surface area contributed by atoms with E-state index in [1.807, 2.05) is 0 Å². The van der Waals surface area contributed by atoms with Gasteiger partial charge in [0.05, 0.1) is 24.9 Å². The zero-order chi connectivity index (χ0) is 22.0. The zero-order valence-corrected chi connectivity index (χ0v) is 17.5. The van der Waals surface area contributed by atoms with E-state index in [-0.39, 0.29) is 19.0 Å². The van der Waals surface area contributed by atoms with Gasteiger partial charge in [-0.2, -0.15) is 5.10 Å². The molecule has 164 valence electrons. The number of aromatic nitrogens is 2. The van der Waals surface area contributed by atoms with Gasteiger partial charge in [0.25, 0.3) is 0 Å². The first-order valence-electron chi connectivity index (χ1n) is 10.0. The first kappa shape index (κ1) is 21.5. The third-order valence-electron chi connectivity index (χ3n) is 6.07. The molecule has 2 aromatic carbocycles. The number of nitrogens with one attached hydrogen (secondary N) is 1. The lowest BCUT2D eigenvalue weighted by atomic mass is 9.73. The number of piperidine rings is 1. The van der Waals surface area contributed by atoms with Crippen molar-refractivity contribution in [1.29, 1.82) is 0 Å². The SMILES string of the molecule is O=C(O)N1CCC(COC(CO)c2cc(Cl)cc3cn[nH]c23)(c2ccc(F)cc2)CC1. The number of H-pyrrole nitrogens is 1. The molecular formula is C22H23ClFN3O4. The van der Waals surface area contributed by atoms with Crippen molar-refractivity contribution in [2.45, 2.75) is 24.4 Å².